The highest BCUT2D eigenvalue weighted by molar-refractivity contribution is 6.28. The van der Waals surface area contributed by atoms with Crippen molar-refractivity contribution < 1.29 is 4.42 Å². The second-order valence-corrected chi connectivity index (χ2v) is 18.7. The lowest BCUT2D eigenvalue weighted by Crippen LogP contribution is -2.16. The Morgan fingerprint density at radius 1 is 0.433 bits per heavy atom. The van der Waals surface area contributed by atoms with Gasteiger partial charge in [-0.3, -0.25) is 0 Å². The molecule has 0 aliphatic heterocycles. The summed E-state index contributed by atoms with van der Waals surface area (Å²) in [5.41, 5.74) is 17.8. The summed E-state index contributed by atoms with van der Waals surface area (Å²) in [6.45, 7) is 4.72. The van der Waals surface area contributed by atoms with E-state index in [1.54, 1.807) is 0 Å². The molecule has 0 bridgehead atoms. The first-order valence-corrected chi connectivity index (χ1v) is 23.6. The maximum atomic E-state index is 7.06. The summed E-state index contributed by atoms with van der Waals surface area (Å²) < 4.78 is 7.06. The molecule has 2 aliphatic carbocycles. The Balaban J connectivity index is 0.956. The Morgan fingerprint density at radius 2 is 1.06 bits per heavy atom. The van der Waals surface area contributed by atoms with Gasteiger partial charge in [-0.2, -0.15) is 0 Å². The monoisotopic (exact) mass is 857 g/mol. The van der Waals surface area contributed by atoms with E-state index in [0.717, 1.165) is 57.8 Å². The van der Waals surface area contributed by atoms with Gasteiger partial charge in [0, 0.05) is 44.4 Å². The van der Waals surface area contributed by atoms with Gasteiger partial charge in [0.2, 0.25) is 0 Å². The van der Waals surface area contributed by atoms with Gasteiger partial charge in [0.1, 0.15) is 11.3 Å². The van der Waals surface area contributed by atoms with Crippen LogP contribution in [0, 0.1) is 0 Å². The lowest BCUT2D eigenvalue weighted by atomic mass is 9.82. The highest BCUT2D eigenvalue weighted by Gasteiger charge is 2.36. The molecule has 0 unspecified atom stereocenters. The molecule has 0 fully saturated rings. The molecule has 2 aliphatic rings. The Labute approximate surface area is 391 Å². The molecule has 11 aromatic rings. The van der Waals surface area contributed by atoms with Crippen LogP contribution in [0.1, 0.15) is 43.4 Å². The second-order valence-electron chi connectivity index (χ2n) is 18.7. The number of hydrogen-bond donors (Lipinski definition) is 0. The van der Waals surface area contributed by atoms with E-state index in [2.05, 4.69) is 243 Å². The zero-order chi connectivity index (χ0) is 44.6. The number of hydrogen-bond acceptors (Lipinski definition) is 2. The van der Waals surface area contributed by atoms with Crippen molar-refractivity contribution in [2.75, 3.05) is 4.90 Å². The average Bonchev–Trinajstić information content (AvgIpc) is 3.91. The molecule has 0 spiro atoms. The molecule has 2 nitrogen and oxygen atoms in total. The van der Waals surface area contributed by atoms with Gasteiger partial charge < -0.3 is 9.32 Å². The number of rotatable bonds is 7. The van der Waals surface area contributed by atoms with Crippen molar-refractivity contribution in [1.82, 2.24) is 0 Å². The second kappa shape index (κ2) is 15.5. The van der Waals surface area contributed by atoms with Gasteiger partial charge in [0.25, 0.3) is 0 Å². The third-order valence-electron chi connectivity index (χ3n) is 14.5. The van der Waals surface area contributed by atoms with Crippen LogP contribution in [0.2, 0.25) is 0 Å². The molecule has 13 rings (SSSR count). The van der Waals surface area contributed by atoms with Crippen LogP contribution < -0.4 is 4.90 Å². The van der Waals surface area contributed by atoms with Gasteiger partial charge in [-0.1, -0.05) is 196 Å². The zero-order valence-corrected chi connectivity index (χ0v) is 37.6. The predicted molar refractivity (Wildman–Crippen MR) is 284 cm³/mol. The van der Waals surface area contributed by atoms with E-state index >= 15 is 0 Å². The summed E-state index contributed by atoms with van der Waals surface area (Å²) in [7, 11) is 0. The lowest BCUT2D eigenvalue weighted by Gasteiger charge is -2.28. The first-order chi connectivity index (χ1) is 33.0. The van der Waals surface area contributed by atoms with Crippen LogP contribution in [0.15, 0.2) is 229 Å². The summed E-state index contributed by atoms with van der Waals surface area (Å²) in [5, 5.41) is 8.44. The molecule has 0 saturated carbocycles. The summed E-state index contributed by atoms with van der Waals surface area (Å²) in [6, 6.07) is 75.7. The maximum absolute atomic E-state index is 7.06. The Kier molecular flexibility index (Phi) is 9.05. The molecule has 0 saturated heterocycles. The number of benzene rings is 10. The van der Waals surface area contributed by atoms with Crippen LogP contribution in [0.4, 0.5) is 17.1 Å². The molecule has 318 valence electrons. The Morgan fingerprint density at radius 3 is 1.85 bits per heavy atom. The quantitative estimate of drug-likeness (QED) is 0.149. The Bertz CT molecular complexity index is 3800. The van der Waals surface area contributed by atoms with Crippen LogP contribution in [0.3, 0.4) is 0 Å². The fourth-order valence-corrected chi connectivity index (χ4v) is 11.2. The van der Waals surface area contributed by atoms with Crippen LogP contribution >= 0.6 is 0 Å². The molecule has 1 heterocycles. The van der Waals surface area contributed by atoms with E-state index in [9.17, 15) is 0 Å². The van der Waals surface area contributed by atoms with E-state index in [1.165, 1.54) is 82.4 Å². The molecular formula is C65H47NO. The van der Waals surface area contributed by atoms with Crippen LogP contribution in [-0.2, 0) is 5.41 Å². The van der Waals surface area contributed by atoms with Crippen molar-refractivity contribution in [3.8, 4) is 44.7 Å². The third-order valence-corrected chi connectivity index (χ3v) is 14.5. The van der Waals surface area contributed by atoms with Crippen molar-refractivity contribution in [1.29, 1.82) is 0 Å². The Hall–Kier alpha value is -8.20. The molecule has 2 heteroatoms. The minimum absolute atomic E-state index is 0.122. The van der Waals surface area contributed by atoms with Crippen LogP contribution in [0.5, 0.6) is 0 Å². The summed E-state index contributed by atoms with van der Waals surface area (Å²) in [5.74, 6) is 0.921. The smallest absolute Gasteiger partial charge is 0.143 e. The highest BCUT2D eigenvalue weighted by Crippen LogP contribution is 2.51. The fourth-order valence-electron chi connectivity index (χ4n) is 11.2. The van der Waals surface area contributed by atoms with E-state index < -0.39 is 0 Å². The van der Waals surface area contributed by atoms with Crippen LogP contribution in [-0.4, -0.2) is 0 Å². The zero-order valence-electron chi connectivity index (χ0n) is 37.6. The first kappa shape index (κ1) is 39.2. The molecule has 0 amide bonds. The van der Waals surface area contributed by atoms with Crippen molar-refractivity contribution in [3.63, 3.8) is 0 Å². The van der Waals surface area contributed by atoms with Crippen molar-refractivity contribution in [2.45, 2.75) is 32.1 Å². The molecule has 0 radical (unpaired) electrons. The minimum Gasteiger partial charge on any atom is -0.455 e. The number of anilines is 3. The first-order valence-electron chi connectivity index (χ1n) is 23.6. The topological polar surface area (TPSA) is 16.4 Å². The van der Waals surface area contributed by atoms with E-state index in [-0.39, 0.29) is 5.41 Å². The number of furan rings is 1. The summed E-state index contributed by atoms with van der Waals surface area (Å²) in [4.78, 5) is 2.42. The molecule has 0 atom stereocenters. The van der Waals surface area contributed by atoms with Gasteiger partial charge >= 0.3 is 0 Å². The molecule has 67 heavy (non-hydrogen) atoms. The minimum atomic E-state index is -0.122. The van der Waals surface area contributed by atoms with Gasteiger partial charge in [0.15, 0.2) is 0 Å². The maximum Gasteiger partial charge on any atom is 0.143 e. The average molecular weight is 858 g/mol. The molecule has 0 N–H and O–H groups in total. The SMILES string of the molecule is CC1(C)c2ccccc2-c2ccc(N(c3ccc(-c4ccc5c6ccccc6c6oc(-c7ccccc7)c(C7=CCCC=C7)c6c5c4)cc3)c3ccc(-c4cccc5ccccc45)cc3)cc21. The third kappa shape index (κ3) is 6.32. The standard InChI is InChI=1S/C65H47NO/c1-65(2)59-27-14-13-24-55(59)56-39-37-50(41-60(56)65)66(49-35-30-44(31-36-49)52-26-15-21-43-16-9-10-22-51(43)52)48-33-28-42(29-34-48)47-32-38-54-53-23-11-12-25-57(53)64-62(58(54)40-47)61(45-17-5-3-6-18-45)63(67-64)46-19-7-4-8-20-46/h4-5,7-41H,3,6H2,1-2H3. The molecule has 10 aromatic carbocycles. The van der Waals surface area contributed by atoms with Gasteiger partial charge in [-0.15, -0.1) is 0 Å². The molecular weight excluding hydrogens is 811 g/mol. The van der Waals surface area contributed by atoms with Gasteiger partial charge in [-0.05, 0) is 132 Å². The highest BCUT2D eigenvalue weighted by atomic mass is 16.3. The largest absolute Gasteiger partial charge is 0.455 e. The lowest BCUT2D eigenvalue weighted by molar-refractivity contribution is 0.634. The van der Waals surface area contributed by atoms with E-state index in [0.29, 0.717) is 0 Å². The number of allylic oxidation sites excluding steroid dienone is 4. The van der Waals surface area contributed by atoms with Gasteiger partial charge in [-0.25, -0.2) is 0 Å². The van der Waals surface area contributed by atoms with Crippen molar-refractivity contribution in [3.05, 3.63) is 241 Å². The summed E-state index contributed by atoms with van der Waals surface area (Å²) in [6.07, 6.45) is 9.02. The molecule has 1 aromatic heterocycles. The predicted octanol–water partition coefficient (Wildman–Crippen LogP) is 18.4. The van der Waals surface area contributed by atoms with Crippen molar-refractivity contribution in [2.24, 2.45) is 0 Å². The van der Waals surface area contributed by atoms with Crippen LogP contribution in [0.25, 0.3) is 93.6 Å². The normalized spacial score (nSPS) is 13.9. The van der Waals surface area contributed by atoms with Gasteiger partial charge in [0.05, 0.1) is 0 Å². The van der Waals surface area contributed by atoms with E-state index in [4.69, 9.17) is 4.42 Å². The number of nitrogens with zero attached hydrogens (tertiary/aromatic N) is 1. The van der Waals surface area contributed by atoms with Crippen molar-refractivity contribution >= 4 is 65.9 Å². The summed E-state index contributed by atoms with van der Waals surface area (Å²) >= 11 is 0. The van der Waals surface area contributed by atoms with E-state index in [1.807, 2.05) is 0 Å². The number of fused-ring (bicyclic) bond motifs is 10. The fraction of sp³-hybridized carbons (Fsp3) is 0.0769.